The van der Waals surface area contributed by atoms with E-state index in [1.54, 1.807) is 31.5 Å². The Balaban J connectivity index is 1.75. The maximum atomic E-state index is 12.2. The van der Waals surface area contributed by atoms with Gasteiger partial charge in [-0.25, -0.2) is 9.78 Å². The minimum atomic E-state index is -0.644. The van der Waals surface area contributed by atoms with Gasteiger partial charge in [0.2, 0.25) is 0 Å². The van der Waals surface area contributed by atoms with Gasteiger partial charge in [0.05, 0.1) is 11.1 Å². The highest BCUT2D eigenvalue weighted by molar-refractivity contribution is 7.99. The summed E-state index contributed by atoms with van der Waals surface area (Å²) in [6.45, 7) is 3.74. The number of nitrogens with one attached hydrogen (secondary N) is 1. The summed E-state index contributed by atoms with van der Waals surface area (Å²) in [6, 6.07) is 5.29. The summed E-state index contributed by atoms with van der Waals surface area (Å²) in [6.07, 6.45) is 3.42. The quantitative estimate of drug-likeness (QED) is 0.231. The molecule has 0 saturated heterocycles. The van der Waals surface area contributed by atoms with Crippen LogP contribution in [0.1, 0.15) is 18.1 Å². The first-order valence-electron chi connectivity index (χ1n) is 7.62. The first-order chi connectivity index (χ1) is 12.1. The Labute approximate surface area is 147 Å². The molecule has 130 valence electrons. The van der Waals surface area contributed by atoms with Gasteiger partial charge in [-0.15, -0.1) is 0 Å². The molecule has 1 aromatic carbocycles. The van der Waals surface area contributed by atoms with E-state index in [9.17, 15) is 9.90 Å². The zero-order valence-corrected chi connectivity index (χ0v) is 14.6. The third-order valence-corrected chi connectivity index (χ3v) is 4.42. The van der Waals surface area contributed by atoms with Gasteiger partial charge in [-0.05, 0) is 25.5 Å². The lowest BCUT2D eigenvalue weighted by molar-refractivity contribution is 0.161. The Hall–Kier alpha value is -2.74. The molecular formula is C17H17N3O4S. The van der Waals surface area contributed by atoms with Crippen LogP contribution in [0.3, 0.4) is 0 Å². The van der Waals surface area contributed by atoms with E-state index in [4.69, 9.17) is 9.25 Å². The van der Waals surface area contributed by atoms with Crippen molar-refractivity contribution in [2.75, 3.05) is 12.4 Å². The predicted octanol–water partition coefficient (Wildman–Crippen LogP) is 3.06. The van der Waals surface area contributed by atoms with E-state index in [1.165, 1.54) is 11.8 Å². The third-order valence-electron chi connectivity index (χ3n) is 3.55. The molecule has 3 rings (SSSR count). The number of hydrogen-bond donors (Lipinski definition) is 2. The Morgan fingerprint density at radius 3 is 3.08 bits per heavy atom. The minimum Gasteiger partial charge on any atom is -0.506 e. The number of nitrogens with zero attached hydrogens (tertiary/aromatic N) is 2. The largest absolute Gasteiger partial charge is 0.506 e. The van der Waals surface area contributed by atoms with E-state index in [2.05, 4.69) is 15.1 Å². The molecule has 2 heterocycles. The average Bonchev–Trinajstić information content (AvgIpc) is 3.09. The van der Waals surface area contributed by atoms with Crippen LogP contribution in [0.5, 0.6) is 5.75 Å². The maximum absolute atomic E-state index is 12.2. The molecule has 0 amide bonds. The van der Waals surface area contributed by atoms with Crippen molar-refractivity contribution in [2.45, 2.75) is 19.0 Å². The van der Waals surface area contributed by atoms with Gasteiger partial charge >= 0.3 is 5.63 Å². The number of fused-ring (bicyclic) bond motifs is 1. The molecule has 8 heteroatoms. The van der Waals surface area contributed by atoms with Gasteiger partial charge in [-0.2, -0.15) is 0 Å². The summed E-state index contributed by atoms with van der Waals surface area (Å²) in [5, 5.41) is 15.6. The molecule has 2 aromatic heterocycles. The number of benzene rings is 1. The number of aryl methyl sites for hydroxylation is 1. The number of imidazole rings is 1. The van der Waals surface area contributed by atoms with Crippen LogP contribution >= 0.6 is 11.8 Å². The van der Waals surface area contributed by atoms with E-state index in [0.29, 0.717) is 23.3 Å². The van der Waals surface area contributed by atoms with Gasteiger partial charge in [0.1, 0.15) is 23.5 Å². The van der Waals surface area contributed by atoms with Crippen molar-refractivity contribution in [2.24, 2.45) is 5.16 Å². The lowest BCUT2D eigenvalue weighted by atomic mass is 10.1. The topological polar surface area (TPSA) is 101 Å². The highest BCUT2D eigenvalue weighted by atomic mass is 32.2. The van der Waals surface area contributed by atoms with E-state index in [0.717, 1.165) is 10.7 Å². The van der Waals surface area contributed by atoms with E-state index in [1.807, 2.05) is 13.0 Å². The first-order valence-corrected chi connectivity index (χ1v) is 8.61. The second-order valence-corrected chi connectivity index (χ2v) is 6.40. The van der Waals surface area contributed by atoms with Crippen molar-refractivity contribution in [3.05, 3.63) is 52.1 Å². The average molecular weight is 359 g/mol. The number of thioether (sulfide) groups is 1. The third kappa shape index (κ3) is 3.69. The SMILES string of the molecule is CC(=NOCCSc1ncc[nH]1)c1c(O)c2cccc(C)c2oc1=O. The molecule has 0 aliphatic rings. The molecule has 0 radical (unpaired) electrons. The van der Waals surface area contributed by atoms with Gasteiger partial charge in [0.25, 0.3) is 0 Å². The molecule has 25 heavy (non-hydrogen) atoms. The maximum Gasteiger partial charge on any atom is 0.349 e. The molecule has 2 N–H and O–H groups in total. The number of oxime groups is 1. The van der Waals surface area contributed by atoms with Gasteiger partial charge in [-0.3, -0.25) is 0 Å². The number of para-hydroxylation sites is 1. The van der Waals surface area contributed by atoms with Crippen molar-refractivity contribution in [3.63, 3.8) is 0 Å². The van der Waals surface area contributed by atoms with Crippen LogP contribution in [-0.2, 0) is 4.84 Å². The summed E-state index contributed by atoms with van der Waals surface area (Å²) >= 11 is 1.49. The monoisotopic (exact) mass is 359 g/mol. The molecule has 0 saturated carbocycles. The number of aromatic nitrogens is 2. The summed E-state index contributed by atoms with van der Waals surface area (Å²) in [7, 11) is 0. The van der Waals surface area contributed by atoms with Gasteiger partial charge in [-0.1, -0.05) is 29.1 Å². The molecule has 7 nitrogen and oxygen atoms in total. The van der Waals surface area contributed by atoms with Crippen molar-refractivity contribution in [3.8, 4) is 5.75 Å². The molecule has 0 aliphatic heterocycles. The van der Waals surface area contributed by atoms with Crippen LogP contribution < -0.4 is 5.63 Å². The smallest absolute Gasteiger partial charge is 0.349 e. The standard InChI is InChI=1S/C17H17N3O4S/c1-10-4-3-5-12-14(21)13(16(22)24-15(10)12)11(2)20-23-8-9-25-17-18-6-7-19-17/h3-7,21H,8-9H2,1-2H3,(H,18,19). The minimum absolute atomic E-state index is 0.0109. The number of aromatic hydroxyl groups is 1. The van der Waals surface area contributed by atoms with Crippen LogP contribution in [0.4, 0.5) is 0 Å². The Kier molecular flexibility index (Phi) is 5.08. The molecule has 3 aromatic rings. The van der Waals surface area contributed by atoms with E-state index in [-0.39, 0.29) is 17.0 Å². The molecule has 0 fully saturated rings. The molecule has 0 spiro atoms. The summed E-state index contributed by atoms with van der Waals surface area (Å²) in [5.41, 5.74) is 0.776. The van der Waals surface area contributed by atoms with Crippen molar-refractivity contribution >= 4 is 28.4 Å². The van der Waals surface area contributed by atoms with Crippen molar-refractivity contribution in [1.82, 2.24) is 9.97 Å². The second-order valence-electron chi connectivity index (χ2n) is 5.32. The fraction of sp³-hybridized carbons (Fsp3) is 0.235. The number of aromatic amines is 1. The number of hydrogen-bond acceptors (Lipinski definition) is 7. The molecular weight excluding hydrogens is 342 g/mol. The van der Waals surface area contributed by atoms with Gasteiger partial charge < -0.3 is 19.3 Å². The van der Waals surface area contributed by atoms with E-state index < -0.39 is 5.63 Å². The molecule has 0 atom stereocenters. The van der Waals surface area contributed by atoms with Crippen LogP contribution in [0.2, 0.25) is 0 Å². The van der Waals surface area contributed by atoms with Crippen molar-refractivity contribution < 1.29 is 14.4 Å². The van der Waals surface area contributed by atoms with E-state index >= 15 is 0 Å². The normalized spacial score (nSPS) is 11.8. The van der Waals surface area contributed by atoms with Gasteiger partial charge in [0, 0.05) is 18.1 Å². The fourth-order valence-corrected chi connectivity index (χ4v) is 3.00. The van der Waals surface area contributed by atoms with Crippen LogP contribution in [0.25, 0.3) is 11.0 Å². The Morgan fingerprint density at radius 1 is 1.48 bits per heavy atom. The summed E-state index contributed by atoms with van der Waals surface area (Å²) < 4.78 is 5.33. The lowest BCUT2D eigenvalue weighted by Gasteiger charge is -2.07. The molecule has 0 aliphatic carbocycles. The van der Waals surface area contributed by atoms with Crippen LogP contribution in [0, 0.1) is 6.92 Å². The highest BCUT2D eigenvalue weighted by Crippen LogP contribution is 2.28. The van der Waals surface area contributed by atoms with Crippen LogP contribution in [-0.4, -0.2) is 33.1 Å². The highest BCUT2D eigenvalue weighted by Gasteiger charge is 2.17. The predicted molar refractivity (Wildman–Crippen MR) is 96.4 cm³/mol. The Morgan fingerprint density at radius 2 is 2.32 bits per heavy atom. The summed E-state index contributed by atoms with van der Waals surface area (Å²) in [5.74, 6) is 0.492. The summed E-state index contributed by atoms with van der Waals surface area (Å²) in [4.78, 5) is 24.5. The zero-order valence-electron chi connectivity index (χ0n) is 13.8. The molecule has 0 unspecified atom stereocenters. The molecule has 0 bridgehead atoms. The van der Waals surface area contributed by atoms with Crippen molar-refractivity contribution in [1.29, 1.82) is 0 Å². The second kappa shape index (κ2) is 7.43. The fourth-order valence-electron chi connectivity index (χ4n) is 2.36. The number of H-pyrrole nitrogens is 1. The van der Waals surface area contributed by atoms with Crippen LogP contribution in [0.15, 0.2) is 50.1 Å². The zero-order chi connectivity index (χ0) is 17.8. The Bertz CT molecular complexity index is 964. The number of rotatable bonds is 6. The van der Waals surface area contributed by atoms with Gasteiger partial charge in [0.15, 0.2) is 5.16 Å². The first kappa shape index (κ1) is 17.1. The lowest BCUT2D eigenvalue weighted by Crippen LogP contribution is -2.13.